The van der Waals surface area contributed by atoms with Crippen molar-refractivity contribution in [3.05, 3.63) is 48.6 Å². The van der Waals surface area contributed by atoms with E-state index in [9.17, 15) is 35.4 Å². The summed E-state index contributed by atoms with van der Waals surface area (Å²) in [6.45, 7) is 3.51. The van der Waals surface area contributed by atoms with Crippen LogP contribution in [-0.2, 0) is 14.3 Å². The summed E-state index contributed by atoms with van der Waals surface area (Å²) in [5.41, 5.74) is 0. The van der Waals surface area contributed by atoms with E-state index in [-0.39, 0.29) is 13.0 Å². The van der Waals surface area contributed by atoms with Crippen molar-refractivity contribution < 1.29 is 44.9 Å². The fraction of sp³-hybridized carbons (Fsp3) is 0.791. The fourth-order valence-electron chi connectivity index (χ4n) is 6.19. The van der Waals surface area contributed by atoms with Gasteiger partial charge in [0.1, 0.15) is 30.5 Å². The van der Waals surface area contributed by atoms with E-state index in [0.717, 1.165) is 57.8 Å². The lowest BCUT2D eigenvalue weighted by Crippen LogP contribution is -2.60. The van der Waals surface area contributed by atoms with Gasteiger partial charge in [0.05, 0.1) is 25.4 Å². The van der Waals surface area contributed by atoms with E-state index in [4.69, 9.17) is 9.47 Å². The number of amides is 1. The summed E-state index contributed by atoms with van der Waals surface area (Å²) >= 11 is 0. The van der Waals surface area contributed by atoms with Crippen LogP contribution in [0.3, 0.4) is 0 Å². The zero-order chi connectivity index (χ0) is 38.9. The van der Waals surface area contributed by atoms with Crippen molar-refractivity contribution in [3.63, 3.8) is 0 Å². The molecule has 0 spiro atoms. The summed E-state index contributed by atoms with van der Waals surface area (Å²) in [5.74, 6) is -0.644. The van der Waals surface area contributed by atoms with E-state index in [1.807, 2.05) is 6.08 Å². The van der Waals surface area contributed by atoms with Crippen LogP contribution in [0.15, 0.2) is 48.6 Å². The van der Waals surface area contributed by atoms with Gasteiger partial charge in [0.15, 0.2) is 6.29 Å². The highest BCUT2D eigenvalue weighted by molar-refractivity contribution is 5.80. The fourth-order valence-corrected chi connectivity index (χ4v) is 6.19. The van der Waals surface area contributed by atoms with E-state index in [0.29, 0.717) is 12.8 Å². The quantitative estimate of drug-likeness (QED) is 0.0280. The molecule has 0 saturated carbocycles. The standard InChI is InChI=1S/C43H77NO9/c1-3-5-7-9-11-13-15-16-17-18-19-20-22-23-25-27-29-31-36(46)35(34-52-43-41(50)40(49)39(48)38(33-45)53-43)44-42(51)37(47)32-30-28-26-24-21-14-12-10-8-6-4-2/h12,14,17-18,22-23,29,31,35-41,43,45-50H,3-11,13,15-16,19-21,24-28,30,32-34H2,1-2H3,(H,44,51)/b14-12-,18-17+,23-22+,31-29+. The average molecular weight is 752 g/mol. The summed E-state index contributed by atoms with van der Waals surface area (Å²) in [5, 5.41) is 64.4. The van der Waals surface area contributed by atoms with Crippen LogP contribution in [0.1, 0.15) is 155 Å². The molecule has 0 aromatic rings. The first kappa shape index (κ1) is 49.1. The molecule has 1 fully saturated rings. The SMILES string of the molecule is CCCCC/C=C\CCCCCCC(O)C(=O)NC(COC1OC(CO)C(O)C(O)C1O)C(O)/C=C/CC/C=C/CC/C=C/CCCCCCCCC. The van der Waals surface area contributed by atoms with Gasteiger partial charge in [-0.15, -0.1) is 0 Å². The molecule has 1 aliphatic heterocycles. The normalized spacial score (nSPS) is 22.8. The van der Waals surface area contributed by atoms with E-state index in [1.165, 1.54) is 64.2 Å². The Kier molecular flexibility index (Phi) is 31.0. The van der Waals surface area contributed by atoms with Gasteiger partial charge in [0.2, 0.25) is 5.91 Å². The Balaban J connectivity index is 2.53. The van der Waals surface area contributed by atoms with E-state index >= 15 is 0 Å². The second kappa shape index (κ2) is 33.4. The topological polar surface area (TPSA) is 169 Å². The first-order valence-corrected chi connectivity index (χ1v) is 21.0. The van der Waals surface area contributed by atoms with Gasteiger partial charge in [-0.3, -0.25) is 4.79 Å². The second-order valence-corrected chi connectivity index (χ2v) is 14.5. The highest BCUT2D eigenvalue weighted by Crippen LogP contribution is 2.22. The molecule has 0 aromatic heterocycles. The van der Waals surface area contributed by atoms with E-state index < -0.39 is 61.5 Å². The van der Waals surface area contributed by atoms with Crippen molar-refractivity contribution in [1.29, 1.82) is 0 Å². The maximum atomic E-state index is 13.0. The third-order valence-corrected chi connectivity index (χ3v) is 9.71. The molecule has 1 saturated heterocycles. The molecule has 7 N–H and O–H groups in total. The molecular formula is C43H77NO9. The third-order valence-electron chi connectivity index (χ3n) is 9.71. The molecule has 53 heavy (non-hydrogen) atoms. The molecule has 1 heterocycles. The van der Waals surface area contributed by atoms with Crippen molar-refractivity contribution in [2.45, 2.75) is 204 Å². The molecule has 1 rings (SSSR count). The van der Waals surface area contributed by atoms with Gasteiger partial charge in [-0.25, -0.2) is 0 Å². The number of hydrogen-bond donors (Lipinski definition) is 7. The summed E-state index contributed by atoms with van der Waals surface area (Å²) in [7, 11) is 0. The predicted octanol–water partition coefficient (Wildman–Crippen LogP) is 6.86. The van der Waals surface area contributed by atoms with Crippen LogP contribution in [0.5, 0.6) is 0 Å². The molecular weight excluding hydrogens is 674 g/mol. The molecule has 0 aliphatic carbocycles. The minimum absolute atomic E-state index is 0.284. The van der Waals surface area contributed by atoms with Crippen LogP contribution in [-0.4, -0.2) is 98.7 Å². The van der Waals surface area contributed by atoms with Gasteiger partial charge in [-0.2, -0.15) is 0 Å². The van der Waals surface area contributed by atoms with Gasteiger partial charge >= 0.3 is 0 Å². The summed E-state index contributed by atoms with van der Waals surface area (Å²) in [6, 6.07) is -1.01. The minimum atomic E-state index is -1.62. The average Bonchev–Trinajstić information content (AvgIpc) is 3.16. The predicted molar refractivity (Wildman–Crippen MR) is 213 cm³/mol. The monoisotopic (exact) mass is 752 g/mol. The highest BCUT2D eigenvalue weighted by atomic mass is 16.7. The van der Waals surface area contributed by atoms with Crippen LogP contribution in [0.2, 0.25) is 0 Å². The minimum Gasteiger partial charge on any atom is -0.394 e. The van der Waals surface area contributed by atoms with Crippen LogP contribution >= 0.6 is 0 Å². The number of allylic oxidation sites excluding steroid dienone is 7. The maximum Gasteiger partial charge on any atom is 0.249 e. The molecule has 1 aliphatic rings. The number of ether oxygens (including phenoxy) is 2. The van der Waals surface area contributed by atoms with Crippen LogP contribution in [0.4, 0.5) is 0 Å². The number of rotatable bonds is 33. The number of nitrogens with one attached hydrogen (secondary N) is 1. The van der Waals surface area contributed by atoms with Crippen LogP contribution in [0.25, 0.3) is 0 Å². The third kappa shape index (κ3) is 24.3. The first-order valence-electron chi connectivity index (χ1n) is 21.0. The smallest absolute Gasteiger partial charge is 0.249 e. The van der Waals surface area contributed by atoms with Crippen molar-refractivity contribution in [3.8, 4) is 0 Å². The van der Waals surface area contributed by atoms with Crippen molar-refractivity contribution >= 4 is 5.91 Å². The van der Waals surface area contributed by atoms with Crippen molar-refractivity contribution in [2.75, 3.05) is 13.2 Å². The van der Waals surface area contributed by atoms with Gasteiger partial charge in [-0.05, 0) is 70.6 Å². The van der Waals surface area contributed by atoms with Gasteiger partial charge in [0, 0.05) is 0 Å². The number of aliphatic hydroxyl groups is 6. The Morgan fingerprint density at radius 1 is 0.642 bits per heavy atom. The van der Waals surface area contributed by atoms with Gasteiger partial charge in [-0.1, -0.05) is 133 Å². The zero-order valence-electron chi connectivity index (χ0n) is 33.1. The Labute approximate surface area is 321 Å². The van der Waals surface area contributed by atoms with Crippen molar-refractivity contribution in [1.82, 2.24) is 5.32 Å². The lowest BCUT2D eigenvalue weighted by atomic mass is 9.99. The lowest BCUT2D eigenvalue weighted by molar-refractivity contribution is -0.302. The van der Waals surface area contributed by atoms with E-state index in [1.54, 1.807) is 6.08 Å². The Morgan fingerprint density at radius 3 is 1.68 bits per heavy atom. The molecule has 0 aromatic carbocycles. The first-order chi connectivity index (χ1) is 25.8. The summed E-state index contributed by atoms with van der Waals surface area (Å²) in [6.07, 6.45) is 30.6. The lowest BCUT2D eigenvalue weighted by Gasteiger charge is -2.40. The van der Waals surface area contributed by atoms with Crippen LogP contribution < -0.4 is 5.32 Å². The molecule has 10 nitrogen and oxygen atoms in total. The van der Waals surface area contributed by atoms with Gasteiger partial charge < -0.3 is 45.4 Å². The zero-order valence-corrected chi connectivity index (χ0v) is 33.1. The molecule has 10 heteroatoms. The number of aliphatic hydroxyl groups excluding tert-OH is 6. The summed E-state index contributed by atoms with van der Waals surface area (Å²) < 4.78 is 11.1. The molecule has 8 unspecified atom stereocenters. The molecule has 0 bridgehead atoms. The summed E-state index contributed by atoms with van der Waals surface area (Å²) in [4.78, 5) is 13.0. The Morgan fingerprint density at radius 2 is 1.11 bits per heavy atom. The second-order valence-electron chi connectivity index (χ2n) is 14.5. The molecule has 308 valence electrons. The number of unbranched alkanes of at least 4 members (excludes halogenated alkanes) is 16. The number of carbonyl (C=O) groups is 1. The molecule has 0 radical (unpaired) electrons. The Hall–Kier alpha value is -1.89. The molecule has 8 atom stereocenters. The van der Waals surface area contributed by atoms with E-state index in [2.05, 4.69) is 55.6 Å². The Bertz CT molecular complexity index is 985. The largest absolute Gasteiger partial charge is 0.394 e. The number of hydrogen-bond acceptors (Lipinski definition) is 9. The number of carbonyl (C=O) groups excluding carboxylic acids is 1. The molecule has 1 amide bonds. The van der Waals surface area contributed by atoms with Crippen molar-refractivity contribution in [2.24, 2.45) is 0 Å². The maximum absolute atomic E-state index is 13.0. The van der Waals surface area contributed by atoms with Crippen LogP contribution in [0, 0.1) is 0 Å². The van der Waals surface area contributed by atoms with Gasteiger partial charge in [0.25, 0.3) is 0 Å². The highest BCUT2D eigenvalue weighted by Gasteiger charge is 2.44.